The highest BCUT2D eigenvalue weighted by molar-refractivity contribution is 6.02. The average Bonchev–Trinajstić information content (AvgIpc) is 3.32. The summed E-state index contributed by atoms with van der Waals surface area (Å²) in [6, 6.07) is 48.6. The van der Waals surface area contributed by atoms with Crippen LogP contribution in [0.3, 0.4) is 0 Å². The van der Waals surface area contributed by atoms with E-state index in [1.54, 1.807) is 24.3 Å². The molecule has 2 heterocycles. The molecule has 0 atom stereocenters. The molecule has 0 bridgehead atoms. The highest BCUT2D eigenvalue weighted by Gasteiger charge is 2.47. The predicted octanol–water partition coefficient (Wildman–Crippen LogP) is 14.5. The molecule has 0 aliphatic carbocycles. The molecule has 0 unspecified atom stereocenters. The van der Waals surface area contributed by atoms with E-state index >= 15 is 0 Å². The van der Waals surface area contributed by atoms with Crippen molar-refractivity contribution in [1.29, 1.82) is 0 Å². The molecule has 2 saturated heterocycles. The summed E-state index contributed by atoms with van der Waals surface area (Å²) in [5, 5.41) is 24.7. The summed E-state index contributed by atoms with van der Waals surface area (Å²) in [5.74, 6) is 1.51. The lowest BCUT2D eigenvalue weighted by atomic mass is 9.80. The molecule has 2 aliphatic rings. The molecule has 8 rings (SSSR count). The first-order valence-electron chi connectivity index (χ1n) is 24.7. The Labute approximate surface area is 415 Å². The molecule has 0 amide bonds. The molecule has 2 aliphatic heterocycles. The normalized spacial score (nSPS) is 17.9. The summed E-state index contributed by atoms with van der Waals surface area (Å²) in [7, 11) is 0. The third-order valence-electron chi connectivity index (χ3n) is 14.0. The van der Waals surface area contributed by atoms with Crippen molar-refractivity contribution in [2.75, 3.05) is 9.80 Å². The van der Waals surface area contributed by atoms with Crippen LogP contribution in [0.15, 0.2) is 146 Å². The highest BCUT2D eigenvalue weighted by atomic mass is 16.5. The van der Waals surface area contributed by atoms with Crippen LogP contribution >= 0.6 is 0 Å². The molecule has 2 N–H and O–H groups in total. The van der Waals surface area contributed by atoms with E-state index in [-0.39, 0.29) is 30.2 Å². The first-order chi connectivity index (χ1) is 33.1. The Bertz CT molecular complexity index is 2730. The van der Waals surface area contributed by atoms with E-state index in [1.165, 1.54) is 15.7 Å². The lowest BCUT2D eigenvalue weighted by Crippen LogP contribution is -2.61. The fourth-order valence-electron chi connectivity index (χ4n) is 10.7. The first kappa shape index (κ1) is 50.1. The maximum atomic E-state index is 13.5. The summed E-state index contributed by atoms with van der Waals surface area (Å²) < 4.78 is 13.2. The Morgan fingerprint density at radius 2 is 0.814 bits per heavy atom. The van der Waals surface area contributed by atoms with Crippen molar-refractivity contribution < 1.29 is 29.5 Å². The quantitative estimate of drug-likeness (QED) is 0.0967. The number of hydrogen-bond acceptors (Lipinski definition) is 10. The Balaban J connectivity index is 1.09. The molecule has 366 valence electrons. The van der Waals surface area contributed by atoms with Gasteiger partial charge in [0, 0.05) is 106 Å². The number of hydrogen-bond donors (Lipinski definition) is 2. The van der Waals surface area contributed by atoms with Crippen LogP contribution in [0, 0.1) is 6.92 Å². The van der Waals surface area contributed by atoms with Gasteiger partial charge in [0.15, 0.2) is 11.6 Å². The second kappa shape index (κ2) is 19.8. The number of hydroxylamine groups is 4. The van der Waals surface area contributed by atoms with Gasteiger partial charge in [0.2, 0.25) is 0 Å². The number of rotatable bonds is 15. The van der Waals surface area contributed by atoms with Crippen molar-refractivity contribution >= 4 is 45.7 Å². The summed E-state index contributed by atoms with van der Waals surface area (Å²) in [6.07, 6.45) is 3.25. The fraction of sp³-hybridized carbons (Fsp3) is 0.367. The highest BCUT2D eigenvalue weighted by Crippen LogP contribution is 2.43. The zero-order valence-electron chi connectivity index (χ0n) is 42.6. The van der Waals surface area contributed by atoms with Crippen LogP contribution in [-0.2, 0) is 6.42 Å². The Morgan fingerprint density at radius 1 is 0.500 bits per heavy atom. The molecule has 0 radical (unpaired) electrons. The van der Waals surface area contributed by atoms with Crippen LogP contribution in [0.2, 0.25) is 0 Å². The molecule has 6 aromatic rings. The SMILES string of the molecule is CCC(=O)c1cccc(C(=O)Cc2ccc(N(c3ccc(OC4CC(C)(C)N(O)C(C)(C)C4)cc3)c3ccc(N(c4ccc(C)cc4)c4ccc(OC5CC(C)(C)N(O)C(C)(C)C5)cc4)cc3)cc2)c1. The average molecular weight is 943 g/mol. The molecule has 0 aromatic heterocycles. The van der Waals surface area contributed by atoms with Gasteiger partial charge in [-0.2, -0.15) is 10.1 Å². The number of carbonyl (C=O) groups is 2. The van der Waals surface area contributed by atoms with Gasteiger partial charge in [-0.3, -0.25) is 9.59 Å². The monoisotopic (exact) mass is 943 g/mol. The number of ketones is 2. The van der Waals surface area contributed by atoms with Crippen molar-refractivity contribution in [3.05, 3.63) is 168 Å². The maximum absolute atomic E-state index is 13.5. The van der Waals surface area contributed by atoms with Gasteiger partial charge in [0.25, 0.3) is 0 Å². The van der Waals surface area contributed by atoms with Gasteiger partial charge in [0.1, 0.15) is 23.7 Å². The Hall–Kier alpha value is -6.30. The standard InChI is InChI=1S/C60H70N4O6/c1-11-55(65)43-13-12-14-44(36-43)56(66)35-42-17-21-46(22-18-42)62(50-29-33-52(34-30-50)70-54-39-59(7,8)64(68)60(9,10)40-54)48-25-23-47(24-26-48)61(45-19-15-41(2)16-20-45)49-27-31-51(32-28-49)69-53-37-57(3,4)63(67)58(5,6)38-53/h12-34,36,53-54,67-68H,11,35,37-40H2,1-10H3. The van der Waals surface area contributed by atoms with Crippen LogP contribution in [0.4, 0.5) is 34.1 Å². The number of Topliss-reactive ketones (excluding diaryl/α,β-unsaturated/α-hetero) is 2. The minimum absolute atomic E-state index is 0.0131. The predicted molar refractivity (Wildman–Crippen MR) is 281 cm³/mol. The van der Waals surface area contributed by atoms with Crippen LogP contribution in [-0.4, -0.2) is 66.5 Å². The molecule has 10 heteroatoms. The van der Waals surface area contributed by atoms with E-state index in [9.17, 15) is 20.0 Å². The summed E-state index contributed by atoms with van der Waals surface area (Å²) in [4.78, 5) is 30.3. The molecule has 70 heavy (non-hydrogen) atoms. The second-order valence-corrected chi connectivity index (χ2v) is 21.8. The van der Waals surface area contributed by atoms with Crippen LogP contribution in [0.5, 0.6) is 11.5 Å². The number of anilines is 6. The van der Waals surface area contributed by atoms with Crippen LogP contribution in [0.25, 0.3) is 0 Å². The number of ether oxygens (including phenoxy) is 2. The molecular formula is C60H70N4O6. The maximum Gasteiger partial charge on any atom is 0.167 e. The Kier molecular flexibility index (Phi) is 14.2. The van der Waals surface area contributed by atoms with Gasteiger partial charge in [0.05, 0.1) is 0 Å². The van der Waals surface area contributed by atoms with Gasteiger partial charge in [-0.15, -0.1) is 0 Å². The topological polar surface area (TPSA) is 106 Å². The van der Waals surface area contributed by atoms with Crippen molar-refractivity contribution in [3.63, 3.8) is 0 Å². The van der Waals surface area contributed by atoms with Gasteiger partial charge in [-0.05, 0) is 171 Å². The van der Waals surface area contributed by atoms with E-state index in [2.05, 4.69) is 117 Å². The smallest absolute Gasteiger partial charge is 0.167 e. The lowest BCUT2D eigenvalue weighted by Gasteiger charge is -2.51. The number of piperidine rings is 2. The lowest BCUT2D eigenvalue weighted by molar-refractivity contribution is -0.254. The first-order valence-corrected chi connectivity index (χ1v) is 24.7. The molecular weight excluding hydrogens is 873 g/mol. The van der Waals surface area contributed by atoms with E-state index < -0.39 is 22.2 Å². The molecule has 0 saturated carbocycles. The van der Waals surface area contributed by atoms with Crippen LogP contribution < -0.4 is 19.3 Å². The van der Waals surface area contributed by atoms with E-state index in [1.807, 2.05) is 83.1 Å². The molecule has 6 aromatic carbocycles. The number of carbonyl (C=O) groups excluding carboxylic acids is 2. The zero-order chi connectivity index (χ0) is 50.2. The van der Waals surface area contributed by atoms with Crippen molar-refractivity contribution in [3.8, 4) is 11.5 Å². The van der Waals surface area contributed by atoms with Crippen molar-refractivity contribution in [1.82, 2.24) is 10.1 Å². The van der Waals surface area contributed by atoms with E-state index in [0.717, 1.165) is 51.2 Å². The number of nitrogens with zero attached hydrogens (tertiary/aromatic N) is 4. The summed E-state index contributed by atoms with van der Waals surface area (Å²) >= 11 is 0. The largest absolute Gasteiger partial charge is 0.490 e. The zero-order valence-corrected chi connectivity index (χ0v) is 42.6. The molecule has 10 nitrogen and oxygen atoms in total. The minimum atomic E-state index is -0.439. The third kappa shape index (κ3) is 11.0. The van der Waals surface area contributed by atoms with Gasteiger partial charge in [-0.25, -0.2) is 0 Å². The molecule has 2 fully saturated rings. The van der Waals surface area contributed by atoms with Crippen molar-refractivity contribution in [2.45, 2.75) is 142 Å². The Morgan fingerprint density at radius 3 is 1.17 bits per heavy atom. The number of aryl methyl sites for hydroxylation is 1. The minimum Gasteiger partial charge on any atom is -0.490 e. The summed E-state index contributed by atoms with van der Waals surface area (Å²) in [5.41, 5.74) is 7.15. The third-order valence-corrected chi connectivity index (χ3v) is 14.0. The second-order valence-electron chi connectivity index (χ2n) is 21.8. The molecule has 0 spiro atoms. The van der Waals surface area contributed by atoms with Crippen molar-refractivity contribution in [2.24, 2.45) is 0 Å². The van der Waals surface area contributed by atoms with Crippen LogP contribution in [0.1, 0.15) is 126 Å². The summed E-state index contributed by atoms with van der Waals surface area (Å²) in [6.45, 7) is 20.3. The fourth-order valence-corrected chi connectivity index (χ4v) is 10.7. The number of benzene rings is 6. The van der Waals surface area contributed by atoms with Gasteiger partial charge >= 0.3 is 0 Å². The van der Waals surface area contributed by atoms with Gasteiger partial charge < -0.3 is 29.7 Å². The van der Waals surface area contributed by atoms with E-state index in [0.29, 0.717) is 43.2 Å². The van der Waals surface area contributed by atoms with Gasteiger partial charge in [-0.1, -0.05) is 55.0 Å². The van der Waals surface area contributed by atoms with E-state index in [4.69, 9.17) is 9.47 Å².